The number of unbranched alkanes of at least 4 members (excludes halogenated alkanes) is 10. The van der Waals surface area contributed by atoms with E-state index in [2.05, 4.69) is 45.7 Å². The van der Waals surface area contributed by atoms with Gasteiger partial charge in [0.2, 0.25) is 29.5 Å². The number of nitrogens with one attached hydrogen (secondary N) is 5. The van der Waals surface area contributed by atoms with Crippen LogP contribution in [0.1, 0.15) is 105 Å². The Labute approximate surface area is 454 Å². The highest BCUT2D eigenvalue weighted by Gasteiger charge is 2.56. The summed E-state index contributed by atoms with van der Waals surface area (Å²) in [6.45, 7) is 1.44. The SMILES string of the molecule is CCCCCCC=CCCCCCCCC=CC(=O)NCC(=O)NC1C(OC2C(CO)OC(OC3C(CO)OC(OC4C(CO)OC(OC)C(NC(C)=O)C4O)C(NC(C)=O)C3O)C(NC(C)=O)C2O)OC(CO)C(O)C1O. The predicted molar refractivity (Wildman–Crippen MR) is 272 cm³/mol. The van der Waals surface area contributed by atoms with Gasteiger partial charge in [0, 0.05) is 27.9 Å². The van der Waals surface area contributed by atoms with E-state index >= 15 is 0 Å². The lowest BCUT2D eigenvalue weighted by atomic mass is 9.93. The van der Waals surface area contributed by atoms with Gasteiger partial charge in [0.15, 0.2) is 25.2 Å². The maximum atomic E-state index is 13.2. The van der Waals surface area contributed by atoms with E-state index in [-0.39, 0.29) is 0 Å². The van der Waals surface area contributed by atoms with Crippen LogP contribution in [-0.2, 0) is 61.9 Å². The third kappa shape index (κ3) is 19.7. The van der Waals surface area contributed by atoms with Crippen molar-refractivity contribution in [2.45, 2.75) is 227 Å². The molecule has 0 aromatic rings. The molecule has 27 heteroatoms. The minimum absolute atomic E-state index is 0.574. The zero-order valence-electron chi connectivity index (χ0n) is 45.2. The molecule has 0 aromatic carbocycles. The minimum Gasteiger partial charge on any atom is -0.394 e. The zero-order chi connectivity index (χ0) is 57.5. The van der Waals surface area contributed by atoms with Crippen molar-refractivity contribution in [3.05, 3.63) is 24.3 Å². The summed E-state index contributed by atoms with van der Waals surface area (Å²) in [5.41, 5.74) is 0. The van der Waals surface area contributed by atoms with Crippen LogP contribution in [0.3, 0.4) is 0 Å². The lowest BCUT2D eigenvalue weighted by molar-refractivity contribution is -0.362. The number of aliphatic hydroxyl groups is 9. The Balaban J connectivity index is 1.42. The number of rotatable bonds is 31. The Bertz CT molecular complexity index is 1890. The molecule has 78 heavy (non-hydrogen) atoms. The second kappa shape index (κ2) is 34.4. The number of methoxy groups -OCH3 is 1. The Morgan fingerprint density at radius 3 is 1.22 bits per heavy atom. The molecule has 4 saturated heterocycles. The number of ether oxygens (including phenoxy) is 8. The molecule has 0 radical (unpaired) electrons. The Hall–Kier alpha value is -3.85. The minimum atomic E-state index is -1.95. The van der Waals surface area contributed by atoms with Crippen molar-refractivity contribution < 1.29 is 108 Å². The van der Waals surface area contributed by atoms with Gasteiger partial charge in [-0.3, -0.25) is 24.0 Å². The quantitative estimate of drug-likeness (QED) is 0.0181. The maximum Gasteiger partial charge on any atom is 0.244 e. The topological polar surface area (TPSA) is 401 Å². The fraction of sp³-hybridized carbons (Fsp3) is 0.824. The summed E-state index contributed by atoms with van der Waals surface area (Å²) in [5.74, 6) is -3.53. The lowest BCUT2D eigenvalue weighted by Crippen LogP contribution is -2.71. The average molecular weight is 1120 g/mol. The zero-order valence-corrected chi connectivity index (χ0v) is 45.2. The Kier molecular flexibility index (Phi) is 29.4. The van der Waals surface area contributed by atoms with Crippen molar-refractivity contribution in [1.29, 1.82) is 0 Å². The smallest absolute Gasteiger partial charge is 0.244 e. The molecule has 4 aliphatic rings. The first-order valence-corrected chi connectivity index (χ1v) is 27.0. The fourth-order valence-corrected chi connectivity index (χ4v) is 9.75. The summed E-state index contributed by atoms with van der Waals surface area (Å²) in [6, 6.07) is -6.17. The van der Waals surface area contributed by atoms with Crippen molar-refractivity contribution in [1.82, 2.24) is 26.6 Å². The van der Waals surface area contributed by atoms with Crippen molar-refractivity contribution in [2.24, 2.45) is 0 Å². The fourth-order valence-electron chi connectivity index (χ4n) is 9.75. The second-order valence-electron chi connectivity index (χ2n) is 20.0. The van der Waals surface area contributed by atoms with E-state index in [1.807, 2.05) is 0 Å². The van der Waals surface area contributed by atoms with Gasteiger partial charge in [-0.1, -0.05) is 63.7 Å². The number of carbonyl (C=O) groups is 5. The van der Waals surface area contributed by atoms with Crippen LogP contribution in [0.15, 0.2) is 24.3 Å². The first-order chi connectivity index (χ1) is 37.3. The standard InChI is InChI=1S/C51H87N5O22/c1-6-7-8-9-10-11-12-13-14-15-16-17-18-19-20-21-34(64)52-22-35(65)56-36-41(67)40(66)30(23-57)72-49(36)76-46-32(25-59)74-51(38(43(46)69)54-28(3)62)78-47-33(26-60)75-50(39(44(47)70)55-29(4)63)77-45-31(24-58)73-48(71-5)37(42(45)68)53-27(2)61/h11-12,20-21,30-33,36-51,57-60,66-70H,6-10,13-19,22-26H2,1-5H3,(H,52,64)(H,53,61)(H,54,62)(H,55,63)(H,56,65). The van der Waals surface area contributed by atoms with E-state index in [1.54, 1.807) is 6.08 Å². The monoisotopic (exact) mass is 1120 g/mol. The first kappa shape index (κ1) is 66.7. The van der Waals surface area contributed by atoms with Crippen LogP contribution in [0.2, 0.25) is 0 Å². The molecule has 0 aromatic heterocycles. The van der Waals surface area contributed by atoms with Gasteiger partial charge in [-0.25, -0.2) is 0 Å². The molecule has 0 bridgehead atoms. The molecule has 27 nitrogen and oxygen atoms in total. The Morgan fingerprint density at radius 1 is 0.462 bits per heavy atom. The number of allylic oxidation sites excluding steroid dienone is 3. The molecule has 14 N–H and O–H groups in total. The van der Waals surface area contributed by atoms with Crippen LogP contribution in [-0.4, -0.2) is 238 Å². The van der Waals surface area contributed by atoms with Crippen molar-refractivity contribution in [2.75, 3.05) is 40.1 Å². The van der Waals surface area contributed by atoms with Crippen LogP contribution in [0.5, 0.6) is 0 Å². The molecule has 20 unspecified atom stereocenters. The van der Waals surface area contributed by atoms with Gasteiger partial charge in [0.25, 0.3) is 0 Å². The molecule has 5 amide bonds. The molecular formula is C51H87N5O22. The summed E-state index contributed by atoms with van der Waals surface area (Å²) in [5, 5.41) is 111. The van der Waals surface area contributed by atoms with Gasteiger partial charge in [-0.15, -0.1) is 0 Å². The predicted octanol–water partition coefficient (Wildman–Crippen LogP) is -3.61. The molecule has 0 spiro atoms. The molecule has 0 aliphatic carbocycles. The van der Waals surface area contributed by atoms with Crippen LogP contribution in [0.4, 0.5) is 0 Å². The largest absolute Gasteiger partial charge is 0.394 e. The number of amides is 5. The summed E-state index contributed by atoms with van der Waals surface area (Å²) in [7, 11) is 1.24. The summed E-state index contributed by atoms with van der Waals surface area (Å²) >= 11 is 0. The third-order valence-electron chi connectivity index (χ3n) is 13.8. The number of hydrogen-bond acceptors (Lipinski definition) is 22. The van der Waals surface area contributed by atoms with E-state index in [4.69, 9.17) is 37.9 Å². The number of aliphatic hydroxyl groups excluding tert-OH is 9. The molecule has 448 valence electrons. The van der Waals surface area contributed by atoms with Gasteiger partial charge >= 0.3 is 0 Å². The van der Waals surface area contributed by atoms with E-state index in [1.165, 1.54) is 45.8 Å². The molecule has 20 atom stereocenters. The molecule has 4 aliphatic heterocycles. The van der Waals surface area contributed by atoms with Gasteiger partial charge in [0.1, 0.15) is 97.4 Å². The van der Waals surface area contributed by atoms with Crippen LogP contribution in [0.25, 0.3) is 0 Å². The maximum absolute atomic E-state index is 13.2. The summed E-state index contributed by atoms with van der Waals surface area (Å²) in [6.07, 6.45) is -6.25. The van der Waals surface area contributed by atoms with Gasteiger partial charge in [-0.05, 0) is 44.6 Å². The highest BCUT2D eigenvalue weighted by Crippen LogP contribution is 2.35. The summed E-state index contributed by atoms with van der Waals surface area (Å²) in [4.78, 5) is 63.1. The number of hydrogen-bond donors (Lipinski definition) is 14. The molecule has 4 heterocycles. The van der Waals surface area contributed by atoms with E-state index < -0.39 is 185 Å². The normalized spacial score (nSPS) is 35.3. The molecule has 0 saturated carbocycles. The second-order valence-corrected chi connectivity index (χ2v) is 20.0. The highest BCUT2D eigenvalue weighted by atomic mass is 16.8. The van der Waals surface area contributed by atoms with E-state index in [9.17, 15) is 69.9 Å². The van der Waals surface area contributed by atoms with Crippen LogP contribution < -0.4 is 26.6 Å². The third-order valence-corrected chi connectivity index (χ3v) is 13.8. The van der Waals surface area contributed by atoms with Gasteiger partial charge in [0.05, 0.1) is 33.0 Å². The summed E-state index contributed by atoms with van der Waals surface area (Å²) < 4.78 is 47.1. The first-order valence-electron chi connectivity index (χ1n) is 27.0. The van der Waals surface area contributed by atoms with Crippen LogP contribution in [0, 0.1) is 0 Å². The van der Waals surface area contributed by atoms with Crippen molar-refractivity contribution >= 4 is 29.5 Å². The average Bonchev–Trinajstić information content (AvgIpc) is 3.47. The molecular weight excluding hydrogens is 1030 g/mol. The van der Waals surface area contributed by atoms with Crippen LogP contribution >= 0.6 is 0 Å². The molecule has 4 rings (SSSR count). The van der Waals surface area contributed by atoms with Gasteiger partial charge in [-0.2, -0.15) is 0 Å². The lowest BCUT2D eigenvalue weighted by Gasteiger charge is -2.51. The number of carbonyl (C=O) groups excluding carboxylic acids is 5. The van der Waals surface area contributed by atoms with Crippen molar-refractivity contribution in [3.63, 3.8) is 0 Å². The van der Waals surface area contributed by atoms with E-state index in [0.29, 0.717) is 6.42 Å². The molecule has 4 fully saturated rings. The van der Waals surface area contributed by atoms with Crippen molar-refractivity contribution in [3.8, 4) is 0 Å². The highest BCUT2D eigenvalue weighted by molar-refractivity contribution is 5.91. The van der Waals surface area contributed by atoms with Gasteiger partial charge < -0.3 is 110 Å². The van der Waals surface area contributed by atoms with E-state index in [0.717, 1.165) is 58.8 Å². The Morgan fingerprint density at radius 2 is 0.821 bits per heavy atom.